The Bertz CT molecular complexity index is 491. The molecule has 1 amide bonds. The SMILES string of the molecule is Cl.NC1CCN(C(=O)C=Cc2cc(Cl)ccc2Cl)C1. The number of halogens is 3. The van der Waals surface area contributed by atoms with Gasteiger partial charge in [0.15, 0.2) is 0 Å². The first-order chi connectivity index (χ1) is 8.56. The largest absolute Gasteiger partial charge is 0.338 e. The van der Waals surface area contributed by atoms with Crippen LogP contribution in [0.15, 0.2) is 24.3 Å². The standard InChI is InChI=1S/C13H14Cl2N2O.ClH/c14-10-2-3-12(15)9(7-10)1-4-13(18)17-6-5-11(16)8-17;/h1-4,7,11H,5-6,8,16H2;1H. The van der Waals surface area contributed by atoms with Crippen molar-refractivity contribution in [3.05, 3.63) is 39.9 Å². The van der Waals surface area contributed by atoms with E-state index in [-0.39, 0.29) is 24.4 Å². The Hall–Kier alpha value is -0.740. The van der Waals surface area contributed by atoms with Crippen LogP contribution >= 0.6 is 35.6 Å². The Kier molecular flexibility index (Phi) is 6.14. The smallest absolute Gasteiger partial charge is 0.246 e. The Morgan fingerprint density at radius 2 is 2.16 bits per heavy atom. The summed E-state index contributed by atoms with van der Waals surface area (Å²) in [6.45, 7) is 1.33. The molecule has 1 heterocycles. The van der Waals surface area contributed by atoms with E-state index in [1.165, 1.54) is 6.08 Å². The summed E-state index contributed by atoms with van der Waals surface area (Å²) in [5, 5.41) is 1.16. The molecule has 6 heteroatoms. The van der Waals surface area contributed by atoms with Crippen molar-refractivity contribution < 1.29 is 4.79 Å². The fraction of sp³-hybridized carbons (Fsp3) is 0.308. The summed E-state index contributed by atoms with van der Waals surface area (Å²) < 4.78 is 0. The van der Waals surface area contributed by atoms with Gasteiger partial charge in [-0.05, 0) is 36.3 Å². The van der Waals surface area contributed by atoms with Gasteiger partial charge in [0.2, 0.25) is 5.91 Å². The normalized spacial score (nSPS) is 18.7. The highest BCUT2D eigenvalue weighted by atomic mass is 35.5. The Morgan fingerprint density at radius 1 is 1.42 bits per heavy atom. The zero-order chi connectivity index (χ0) is 13.1. The minimum absolute atomic E-state index is 0. The van der Waals surface area contributed by atoms with Gasteiger partial charge >= 0.3 is 0 Å². The Balaban J connectivity index is 0.00000180. The number of nitrogens with zero attached hydrogens (tertiary/aromatic N) is 1. The van der Waals surface area contributed by atoms with Gasteiger partial charge in [0.05, 0.1) is 0 Å². The molecule has 1 aromatic rings. The first-order valence-corrected chi connectivity index (χ1v) is 6.49. The summed E-state index contributed by atoms with van der Waals surface area (Å²) in [6, 6.07) is 5.24. The van der Waals surface area contributed by atoms with E-state index < -0.39 is 0 Å². The molecule has 2 rings (SSSR count). The third-order valence-electron chi connectivity index (χ3n) is 2.90. The predicted molar refractivity (Wildman–Crippen MR) is 81.9 cm³/mol. The molecule has 1 atom stereocenters. The second kappa shape index (κ2) is 7.15. The van der Waals surface area contributed by atoms with E-state index in [4.69, 9.17) is 28.9 Å². The first kappa shape index (κ1) is 16.3. The summed E-state index contributed by atoms with van der Waals surface area (Å²) in [5.74, 6) is -0.0426. The number of benzene rings is 1. The van der Waals surface area contributed by atoms with E-state index in [1.54, 1.807) is 29.2 Å². The van der Waals surface area contributed by atoms with Crippen molar-refractivity contribution in [2.24, 2.45) is 5.73 Å². The van der Waals surface area contributed by atoms with Crippen LogP contribution in [-0.4, -0.2) is 29.9 Å². The highest BCUT2D eigenvalue weighted by molar-refractivity contribution is 6.34. The molecular formula is C13H15Cl3N2O. The second-order valence-electron chi connectivity index (χ2n) is 4.33. The summed E-state index contributed by atoms with van der Waals surface area (Å²) >= 11 is 11.9. The van der Waals surface area contributed by atoms with Crippen LogP contribution in [0.1, 0.15) is 12.0 Å². The first-order valence-electron chi connectivity index (χ1n) is 5.74. The molecule has 3 nitrogen and oxygen atoms in total. The van der Waals surface area contributed by atoms with Crippen molar-refractivity contribution in [2.45, 2.75) is 12.5 Å². The van der Waals surface area contributed by atoms with Crippen molar-refractivity contribution in [1.82, 2.24) is 4.90 Å². The summed E-state index contributed by atoms with van der Waals surface area (Å²) in [5.41, 5.74) is 6.49. The third kappa shape index (κ3) is 4.39. The number of hydrogen-bond acceptors (Lipinski definition) is 2. The molecule has 0 saturated carbocycles. The topological polar surface area (TPSA) is 46.3 Å². The van der Waals surface area contributed by atoms with Crippen LogP contribution in [0, 0.1) is 0 Å². The maximum absolute atomic E-state index is 11.9. The zero-order valence-electron chi connectivity index (χ0n) is 10.2. The number of rotatable bonds is 2. The predicted octanol–water partition coefficient (Wildman–Crippen LogP) is 2.99. The lowest BCUT2D eigenvalue weighted by Gasteiger charge is -2.12. The van der Waals surface area contributed by atoms with Gasteiger partial charge in [0.1, 0.15) is 0 Å². The lowest BCUT2D eigenvalue weighted by atomic mass is 10.2. The van der Waals surface area contributed by atoms with Gasteiger partial charge in [-0.3, -0.25) is 4.79 Å². The van der Waals surface area contributed by atoms with Gasteiger partial charge in [-0.2, -0.15) is 0 Å². The van der Waals surface area contributed by atoms with Crippen LogP contribution < -0.4 is 5.73 Å². The van der Waals surface area contributed by atoms with Crippen molar-refractivity contribution in [3.63, 3.8) is 0 Å². The molecule has 19 heavy (non-hydrogen) atoms. The van der Waals surface area contributed by atoms with Crippen LogP contribution in [0.5, 0.6) is 0 Å². The molecule has 0 spiro atoms. The fourth-order valence-electron chi connectivity index (χ4n) is 1.90. The van der Waals surface area contributed by atoms with Crippen LogP contribution in [0.3, 0.4) is 0 Å². The van der Waals surface area contributed by atoms with Gasteiger partial charge in [-0.25, -0.2) is 0 Å². The molecule has 0 aromatic heterocycles. The van der Waals surface area contributed by atoms with Crippen molar-refractivity contribution in [1.29, 1.82) is 0 Å². The highest BCUT2D eigenvalue weighted by Crippen LogP contribution is 2.22. The van der Waals surface area contributed by atoms with Gasteiger partial charge in [0, 0.05) is 35.3 Å². The molecule has 2 N–H and O–H groups in total. The minimum atomic E-state index is -0.0426. The van der Waals surface area contributed by atoms with E-state index >= 15 is 0 Å². The number of likely N-dealkylation sites (tertiary alicyclic amines) is 1. The number of carbonyl (C=O) groups is 1. The van der Waals surface area contributed by atoms with E-state index in [0.29, 0.717) is 23.1 Å². The molecule has 0 bridgehead atoms. The second-order valence-corrected chi connectivity index (χ2v) is 5.18. The summed E-state index contributed by atoms with van der Waals surface area (Å²) in [6.07, 6.45) is 4.05. The van der Waals surface area contributed by atoms with Crippen LogP contribution in [0.2, 0.25) is 10.0 Å². The summed E-state index contributed by atoms with van der Waals surface area (Å²) in [7, 11) is 0. The number of carbonyl (C=O) groups excluding carboxylic acids is 1. The fourth-order valence-corrected chi connectivity index (χ4v) is 2.26. The molecule has 1 aromatic carbocycles. The third-order valence-corrected chi connectivity index (χ3v) is 3.48. The van der Waals surface area contributed by atoms with E-state index in [9.17, 15) is 4.79 Å². The Morgan fingerprint density at radius 3 is 2.79 bits per heavy atom. The lowest BCUT2D eigenvalue weighted by Crippen LogP contribution is -2.30. The van der Waals surface area contributed by atoms with Gasteiger partial charge < -0.3 is 10.6 Å². The molecule has 104 valence electrons. The maximum Gasteiger partial charge on any atom is 0.246 e. The van der Waals surface area contributed by atoms with Crippen molar-refractivity contribution in [2.75, 3.05) is 13.1 Å². The highest BCUT2D eigenvalue weighted by Gasteiger charge is 2.21. The maximum atomic E-state index is 11.9. The number of amides is 1. The van der Waals surface area contributed by atoms with Crippen molar-refractivity contribution >= 4 is 47.6 Å². The van der Waals surface area contributed by atoms with Gasteiger partial charge in [-0.15, -0.1) is 12.4 Å². The number of nitrogens with two attached hydrogens (primary N) is 1. The number of hydrogen-bond donors (Lipinski definition) is 1. The minimum Gasteiger partial charge on any atom is -0.338 e. The molecular weight excluding hydrogens is 307 g/mol. The zero-order valence-corrected chi connectivity index (χ0v) is 12.5. The van der Waals surface area contributed by atoms with Crippen molar-refractivity contribution in [3.8, 4) is 0 Å². The molecule has 1 unspecified atom stereocenters. The molecule has 1 aliphatic rings. The van der Waals surface area contributed by atoms with Crippen LogP contribution in [-0.2, 0) is 4.79 Å². The van der Waals surface area contributed by atoms with Crippen LogP contribution in [0.4, 0.5) is 0 Å². The molecule has 1 aliphatic heterocycles. The van der Waals surface area contributed by atoms with Crippen LogP contribution in [0.25, 0.3) is 6.08 Å². The average Bonchev–Trinajstić information content (AvgIpc) is 2.77. The van der Waals surface area contributed by atoms with Gasteiger partial charge in [0.25, 0.3) is 0 Å². The monoisotopic (exact) mass is 320 g/mol. The molecule has 1 fully saturated rings. The van der Waals surface area contributed by atoms with E-state index in [2.05, 4.69) is 0 Å². The van der Waals surface area contributed by atoms with E-state index in [0.717, 1.165) is 12.0 Å². The molecule has 0 aliphatic carbocycles. The quantitative estimate of drug-likeness (QED) is 0.851. The van der Waals surface area contributed by atoms with Gasteiger partial charge in [-0.1, -0.05) is 23.2 Å². The van der Waals surface area contributed by atoms with E-state index in [1.807, 2.05) is 0 Å². The molecule has 0 radical (unpaired) electrons. The Labute approximate surface area is 128 Å². The summed E-state index contributed by atoms with van der Waals surface area (Å²) in [4.78, 5) is 13.6. The lowest BCUT2D eigenvalue weighted by molar-refractivity contribution is -0.124. The average molecular weight is 322 g/mol. The molecule has 1 saturated heterocycles.